The summed E-state index contributed by atoms with van der Waals surface area (Å²) in [4.78, 5) is 3.98. The maximum absolute atomic E-state index is 12.7. The molecule has 0 amide bonds. The normalized spacial score (nSPS) is 17.8. The van der Waals surface area contributed by atoms with Gasteiger partial charge >= 0.3 is 0 Å². The summed E-state index contributed by atoms with van der Waals surface area (Å²) in [7, 11) is -3.54. The Morgan fingerprint density at radius 3 is 2.63 bits per heavy atom. The van der Waals surface area contributed by atoms with E-state index < -0.39 is 10.0 Å². The summed E-state index contributed by atoms with van der Waals surface area (Å²) in [5.41, 5.74) is 0. The largest absolute Gasteiger partial charge is 0.246 e. The van der Waals surface area contributed by atoms with Crippen LogP contribution < -0.4 is 0 Å². The SMILES string of the molecule is CCN(C1CCCCC1)S(=O)(=O)c1cccnc1Cl. The summed E-state index contributed by atoms with van der Waals surface area (Å²) in [5.74, 6) is 0. The third kappa shape index (κ3) is 3.09. The van der Waals surface area contributed by atoms with Gasteiger partial charge in [0.05, 0.1) is 0 Å². The topological polar surface area (TPSA) is 50.3 Å². The van der Waals surface area contributed by atoms with Gasteiger partial charge in [0, 0.05) is 18.8 Å². The number of hydrogen-bond acceptors (Lipinski definition) is 3. The molecule has 0 aliphatic heterocycles. The van der Waals surface area contributed by atoms with Gasteiger partial charge in [0.15, 0.2) is 0 Å². The minimum Gasteiger partial charge on any atom is -0.243 e. The zero-order valence-corrected chi connectivity index (χ0v) is 12.6. The van der Waals surface area contributed by atoms with Gasteiger partial charge in [0.2, 0.25) is 10.0 Å². The van der Waals surface area contributed by atoms with Crippen LogP contribution in [0.2, 0.25) is 5.15 Å². The molecule has 1 saturated carbocycles. The van der Waals surface area contributed by atoms with Crippen LogP contribution in [-0.4, -0.2) is 30.3 Å². The molecule has 1 fully saturated rings. The Kier molecular flexibility index (Phi) is 4.81. The summed E-state index contributed by atoms with van der Waals surface area (Å²) in [6.07, 6.45) is 6.75. The third-order valence-corrected chi connectivity index (χ3v) is 6.08. The minimum absolute atomic E-state index is 0.0526. The van der Waals surface area contributed by atoms with Gasteiger partial charge in [0.25, 0.3) is 0 Å². The first-order valence-corrected chi connectivity index (χ1v) is 8.51. The van der Waals surface area contributed by atoms with Crippen molar-refractivity contribution in [3.63, 3.8) is 0 Å². The van der Waals surface area contributed by atoms with Crippen molar-refractivity contribution < 1.29 is 8.42 Å². The molecular formula is C13H19ClN2O2S. The Bertz CT molecular complexity index is 527. The summed E-state index contributed by atoms with van der Waals surface area (Å²) in [6.45, 7) is 2.34. The molecule has 0 saturated heterocycles. The van der Waals surface area contributed by atoms with E-state index in [1.54, 1.807) is 10.4 Å². The standard InChI is InChI=1S/C13H19ClN2O2S/c1-2-16(11-7-4-3-5-8-11)19(17,18)12-9-6-10-15-13(12)14/h6,9-11H,2-5,7-8H2,1H3. The summed E-state index contributed by atoms with van der Waals surface area (Å²) >= 11 is 5.93. The van der Waals surface area contributed by atoms with Crippen LogP contribution in [0.1, 0.15) is 39.0 Å². The van der Waals surface area contributed by atoms with E-state index in [1.165, 1.54) is 18.7 Å². The average Bonchev–Trinajstić information content (AvgIpc) is 2.40. The highest BCUT2D eigenvalue weighted by molar-refractivity contribution is 7.89. The van der Waals surface area contributed by atoms with Gasteiger partial charge in [-0.2, -0.15) is 4.31 Å². The van der Waals surface area contributed by atoms with Gasteiger partial charge in [-0.3, -0.25) is 0 Å². The quantitative estimate of drug-likeness (QED) is 0.803. The van der Waals surface area contributed by atoms with Crippen molar-refractivity contribution in [2.75, 3.05) is 6.54 Å². The van der Waals surface area contributed by atoms with Crippen molar-refractivity contribution in [2.24, 2.45) is 0 Å². The number of rotatable bonds is 4. The molecule has 19 heavy (non-hydrogen) atoms. The summed E-state index contributed by atoms with van der Waals surface area (Å²) < 4.78 is 26.9. The van der Waals surface area contributed by atoms with Gasteiger partial charge in [-0.1, -0.05) is 37.8 Å². The fraction of sp³-hybridized carbons (Fsp3) is 0.615. The van der Waals surface area contributed by atoms with E-state index in [0.717, 1.165) is 25.7 Å². The van der Waals surface area contributed by atoms with Crippen LogP contribution in [0.3, 0.4) is 0 Å². The van der Waals surface area contributed by atoms with Gasteiger partial charge in [0.1, 0.15) is 10.0 Å². The third-order valence-electron chi connectivity index (χ3n) is 3.61. The second kappa shape index (κ2) is 6.20. The Labute approximate surface area is 119 Å². The van der Waals surface area contributed by atoms with Crippen molar-refractivity contribution in [1.82, 2.24) is 9.29 Å². The molecule has 0 N–H and O–H groups in total. The highest BCUT2D eigenvalue weighted by Gasteiger charge is 2.32. The van der Waals surface area contributed by atoms with Crippen LogP contribution in [0.5, 0.6) is 0 Å². The zero-order chi connectivity index (χ0) is 13.9. The smallest absolute Gasteiger partial charge is 0.243 e. The maximum Gasteiger partial charge on any atom is 0.246 e. The van der Waals surface area contributed by atoms with Crippen LogP contribution in [0.15, 0.2) is 23.2 Å². The molecular weight excluding hydrogens is 284 g/mol. The number of nitrogens with zero attached hydrogens (tertiary/aromatic N) is 2. The number of pyridine rings is 1. The fourth-order valence-electron chi connectivity index (χ4n) is 2.68. The highest BCUT2D eigenvalue weighted by atomic mass is 35.5. The predicted molar refractivity (Wildman–Crippen MR) is 75.7 cm³/mol. The first kappa shape index (κ1) is 14.8. The lowest BCUT2D eigenvalue weighted by atomic mass is 9.95. The molecule has 1 aliphatic rings. The van der Waals surface area contributed by atoms with Crippen molar-refractivity contribution in [3.8, 4) is 0 Å². The molecule has 0 bridgehead atoms. The number of hydrogen-bond donors (Lipinski definition) is 0. The van der Waals surface area contributed by atoms with E-state index >= 15 is 0 Å². The molecule has 0 radical (unpaired) electrons. The maximum atomic E-state index is 12.7. The second-order valence-electron chi connectivity index (χ2n) is 4.79. The Balaban J connectivity index is 2.33. The van der Waals surface area contributed by atoms with Crippen LogP contribution in [0.25, 0.3) is 0 Å². The molecule has 1 aromatic rings. The predicted octanol–water partition coefficient (Wildman–Crippen LogP) is 3.08. The summed E-state index contributed by atoms with van der Waals surface area (Å²) in [5, 5.41) is 0.0526. The average molecular weight is 303 g/mol. The molecule has 106 valence electrons. The zero-order valence-electron chi connectivity index (χ0n) is 11.0. The van der Waals surface area contributed by atoms with Gasteiger partial charge in [-0.25, -0.2) is 13.4 Å². The number of aromatic nitrogens is 1. The molecule has 1 aliphatic carbocycles. The second-order valence-corrected chi connectivity index (χ2v) is 7.01. The fourth-order valence-corrected chi connectivity index (χ4v) is 4.81. The van der Waals surface area contributed by atoms with E-state index in [1.807, 2.05) is 6.92 Å². The lowest BCUT2D eigenvalue weighted by molar-refractivity contribution is 0.261. The lowest BCUT2D eigenvalue weighted by Gasteiger charge is -2.32. The van der Waals surface area contributed by atoms with Gasteiger partial charge < -0.3 is 0 Å². The van der Waals surface area contributed by atoms with Crippen LogP contribution >= 0.6 is 11.6 Å². The van der Waals surface area contributed by atoms with Gasteiger partial charge in [-0.05, 0) is 25.0 Å². The first-order chi connectivity index (χ1) is 9.07. The first-order valence-electron chi connectivity index (χ1n) is 6.69. The molecule has 0 atom stereocenters. The Hall–Kier alpha value is -0.650. The molecule has 1 aromatic heterocycles. The molecule has 0 unspecified atom stereocenters. The monoisotopic (exact) mass is 302 g/mol. The van der Waals surface area contributed by atoms with Crippen molar-refractivity contribution >= 4 is 21.6 Å². The van der Waals surface area contributed by atoms with Crippen molar-refractivity contribution in [3.05, 3.63) is 23.5 Å². The molecule has 6 heteroatoms. The van der Waals surface area contributed by atoms with E-state index in [0.29, 0.717) is 6.54 Å². The molecule has 4 nitrogen and oxygen atoms in total. The molecule has 1 heterocycles. The summed E-state index contributed by atoms with van der Waals surface area (Å²) in [6, 6.07) is 3.23. The number of sulfonamides is 1. The van der Waals surface area contributed by atoms with Crippen molar-refractivity contribution in [2.45, 2.75) is 50.0 Å². The van der Waals surface area contributed by atoms with Gasteiger partial charge in [-0.15, -0.1) is 0 Å². The van der Waals surface area contributed by atoms with E-state index in [2.05, 4.69) is 4.98 Å². The Morgan fingerprint density at radius 2 is 2.05 bits per heavy atom. The Morgan fingerprint density at radius 1 is 1.37 bits per heavy atom. The minimum atomic E-state index is -3.54. The van der Waals surface area contributed by atoms with Crippen molar-refractivity contribution in [1.29, 1.82) is 0 Å². The van der Waals surface area contributed by atoms with Crippen LogP contribution in [0.4, 0.5) is 0 Å². The van der Waals surface area contributed by atoms with E-state index in [4.69, 9.17) is 11.6 Å². The molecule has 0 spiro atoms. The molecule has 0 aromatic carbocycles. The highest BCUT2D eigenvalue weighted by Crippen LogP contribution is 2.29. The van der Waals surface area contributed by atoms with Crippen LogP contribution in [0, 0.1) is 0 Å². The van der Waals surface area contributed by atoms with E-state index in [9.17, 15) is 8.42 Å². The molecule has 2 rings (SSSR count). The van der Waals surface area contributed by atoms with E-state index in [-0.39, 0.29) is 16.1 Å². The number of halogens is 1. The lowest BCUT2D eigenvalue weighted by Crippen LogP contribution is -2.41. The van der Waals surface area contributed by atoms with Crippen LogP contribution in [-0.2, 0) is 10.0 Å².